The summed E-state index contributed by atoms with van der Waals surface area (Å²) in [6.07, 6.45) is 3.53. The smallest absolute Gasteiger partial charge is 0.230 e. The molecule has 138 valence electrons. The van der Waals surface area contributed by atoms with E-state index in [-0.39, 0.29) is 5.91 Å². The van der Waals surface area contributed by atoms with Gasteiger partial charge < -0.3 is 10.1 Å². The molecule has 1 heterocycles. The molecule has 0 saturated heterocycles. The fourth-order valence-corrected chi connectivity index (χ4v) is 2.74. The zero-order valence-corrected chi connectivity index (χ0v) is 15.7. The van der Waals surface area contributed by atoms with Crippen molar-refractivity contribution in [2.45, 2.75) is 32.4 Å². The van der Waals surface area contributed by atoms with Crippen LogP contribution in [0.15, 0.2) is 79.1 Å². The second-order valence-electron chi connectivity index (χ2n) is 6.97. The van der Waals surface area contributed by atoms with Gasteiger partial charge in [-0.15, -0.1) is 0 Å². The van der Waals surface area contributed by atoms with Crippen LogP contribution in [0.25, 0.3) is 0 Å². The van der Waals surface area contributed by atoms with E-state index >= 15 is 0 Å². The van der Waals surface area contributed by atoms with Gasteiger partial charge in [0, 0.05) is 24.5 Å². The van der Waals surface area contributed by atoms with Crippen molar-refractivity contribution in [2.24, 2.45) is 0 Å². The Hall–Kier alpha value is -3.14. The van der Waals surface area contributed by atoms with Crippen molar-refractivity contribution in [3.63, 3.8) is 0 Å². The van der Waals surface area contributed by atoms with Crippen molar-refractivity contribution in [2.75, 3.05) is 0 Å². The molecule has 0 aliphatic carbocycles. The van der Waals surface area contributed by atoms with E-state index in [0.717, 1.165) is 22.4 Å². The highest BCUT2D eigenvalue weighted by Gasteiger charge is 2.29. The lowest BCUT2D eigenvalue weighted by Crippen LogP contribution is -2.39. The van der Waals surface area contributed by atoms with Crippen LogP contribution in [0.1, 0.15) is 30.5 Å². The topological polar surface area (TPSA) is 51.2 Å². The number of benzene rings is 2. The molecule has 0 unspecified atom stereocenters. The van der Waals surface area contributed by atoms with Gasteiger partial charge in [0.1, 0.15) is 12.4 Å². The quantitative estimate of drug-likeness (QED) is 0.685. The molecule has 0 bridgehead atoms. The molecule has 2 aromatic carbocycles. The van der Waals surface area contributed by atoms with Crippen molar-refractivity contribution in [3.8, 4) is 5.75 Å². The van der Waals surface area contributed by atoms with Gasteiger partial charge in [-0.05, 0) is 43.2 Å². The molecule has 0 radical (unpaired) electrons. The van der Waals surface area contributed by atoms with E-state index < -0.39 is 5.41 Å². The van der Waals surface area contributed by atoms with Gasteiger partial charge in [-0.25, -0.2) is 0 Å². The predicted octanol–water partition coefficient (Wildman–Crippen LogP) is 4.25. The Labute approximate surface area is 160 Å². The molecule has 0 spiro atoms. The normalized spacial score (nSPS) is 11.0. The lowest BCUT2D eigenvalue weighted by atomic mass is 9.84. The number of rotatable bonds is 7. The summed E-state index contributed by atoms with van der Waals surface area (Å²) in [4.78, 5) is 16.7. The van der Waals surface area contributed by atoms with Gasteiger partial charge in [-0.3, -0.25) is 9.78 Å². The number of ether oxygens (including phenoxy) is 1. The van der Waals surface area contributed by atoms with Gasteiger partial charge in [0.15, 0.2) is 0 Å². The van der Waals surface area contributed by atoms with Crippen LogP contribution in [0.2, 0.25) is 0 Å². The third kappa shape index (κ3) is 4.94. The maximum absolute atomic E-state index is 12.6. The molecular weight excluding hydrogens is 336 g/mol. The average Bonchev–Trinajstić information content (AvgIpc) is 2.72. The van der Waals surface area contributed by atoms with Gasteiger partial charge >= 0.3 is 0 Å². The summed E-state index contributed by atoms with van der Waals surface area (Å²) in [5.41, 5.74) is 2.48. The lowest BCUT2D eigenvalue weighted by molar-refractivity contribution is -0.125. The highest BCUT2D eigenvalue weighted by atomic mass is 16.5. The fourth-order valence-electron chi connectivity index (χ4n) is 2.74. The van der Waals surface area contributed by atoms with Crippen molar-refractivity contribution in [3.05, 3.63) is 95.8 Å². The van der Waals surface area contributed by atoms with E-state index in [1.165, 1.54) is 0 Å². The molecule has 4 heteroatoms. The van der Waals surface area contributed by atoms with E-state index in [4.69, 9.17) is 4.74 Å². The SMILES string of the molecule is CC(C)(C(=O)NCc1ccc(OCc2cccnc2)cc1)c1ccccc1. The van der Waals surface area contributed by atoms with Gasteiger partial charge in [0.2, 0.25) is 5.91 Å². The van der Waals surface area contributed by atoms with Crippen LogP contribution in [0.4, 0.5) is 0 Å². The summed E-state index contributed by atoms with van der Waals surface area (Å²) in [7, 11) is 0. The molecule has 3 rings (SSSR count). The third-order valence-corrected chi connectivity index (χ3v) is 4.57. The predicted molar refractivity (Wildman–Crippen MR) is 106 cm³/mol. The highest BCUT2D eigenvalue weighted by Crippen LogP contribution is 2.23. The minimum atomic E-state index is -0.575. The number of amides is 1. The van der Waals surface area contributed by atoms with Crippen molar-refractivity contribution in [1.29, 1.82) is 0 Å². The molecule has 3 aromatic rings. The van der Waals surface area contributed by atoms with E-state index in [9.17, 15) is 4.79 Å². The summed E-state index contributed by atoms with van der Waals surface area (Å²) in [5.74, 6) is 0.796. The van der Waals surface area contributed by atoms with Gasteiger partial charge in [0.05, 0.1) is 5.41 Å². The number of carbonyl (C=O) groups is 1. The first-order valence-electron chi connectivity index (χ1n) is 9.00. The Morgan fingerprint density at radius 1 is 0.963 bits per heavy atom. The summed E-state index contributed by atoms with van der Waals surface area (Å²) < 4.78 is 5.76. The monoisotopic (exact) mass is 360 g/mol. The molecule has 1 amide bonds. The summed E-state index contributed by atoms with van der Waals surface area (Å²) in [5, 5.41) is 3.03. The summed E-state index contributed by atoms with van der Waals surface area (Å²) >= 11 is 0. The van der Waals surface area contributed by atoms with Crippen molar-refractivity contribution < 1.29 is 9.53 Å². The first-order valence-corrected chi connectivity index (χ1v) is 9.00. The minimum absolute atomic E-state index is 0.00519. The molecule has 0 aliphatic heterocycles. The van der Waals surface area contributed by atoms with Crippen LogP contribution in [0.5, 0.6) is 5.75 Å². The van der Waals surface area contributed by atoms with E-state index in [0.29, 0.717) is 13.2 Å². The summed E-state index contributed by atoms with van der Waals surface area (Å²) in [6.45, 7) is 4.84. The van der Waals surface area contributed by atoms with Gasteiger partial charge in [-0.2, -0.15) is 0 Å². The molecule has 0 atom stereocenters. The molecule has 1 N–H and O–H groups in total. The molecule has 0 fully saturated rings. The Kier molecular flexibility index (Phi) is 5.87. The van der Waals surface area contributed by atoms with Crippen LogP contribution in [0, 0.1) is 0 Å². The zero-order valence-electron chi connectivity index (χ0n) is 15.7. The summed E-state index contributed by atoms with van der Waals surface area (Å²) in [6, 6.07) is 21.5. The Morgan fingerprint density at radius 2 is 1.70 bits per heavy atom. The maximum atomic E-state index is 12.6. The third-order valence-electron chi connectivity index (χ3n) is 4.57. The number of carbonyl (C=O) groups excluding carboxylic acids is 1. The Bertz CT molecular complexity index is 860. The van der Waals surface area contributed by atoms with Crippen LogP contribution in [0.3, 0.4) is 0 Å². The second-order valence-corrected chi connectivity index (χ2v) is 6.97. The zero-order chi connectivity index (χ0) is 19.1. The Balaban J connectivity index is 1.53. The lowest BCUT2D eigenvalue weighted by Gasteiger charge is -2.24. The first-order chi connectivity index (χ1) is 13.1. The highest BCUT2D eigenvalue weighted by molar-refractivity contribution is 5.87. The van der Waals surface area contributed by atoms with Crippen LogP contribution in [-0.4, -0.2) is 10.9 Å². The fraction of sp³-hybridized carbons (Fsp3) is 0.217. The molecular formula is C23H24N2O2. The number of pyridine rings is 1. The minimum Gasteiger partial charge on any atom is -0.489 e. The van der Waals surface area contributed by atoms with Crippen LogP contribution < -0.4 is 10.1 Å². The molecule has 4 nitrogen and oxygen atoms in total. The maximum Gasteiger partial charge on any atom is 0.230 e. The molecule has 27 heavy (non-hydrogen) atoms. The van der Waals surface area contributed by atoms with E-state index in [2.05, 4.69) is 10.3 Å². The molecule has 0 saturated carbocycles. The van der Waals surface area contributed by atoms with E-state index in [1.54, 1.807) is 12.4 Å². The molecule has 1 aromatic heterocycles. The number of nitrogens with one attached hydrogen (secondary N) is 1. The van der Waals surface area contributed by atoms with Crippen LogP contribution in [-0.2, 0) is 23.4 Å². The number of hydrogen-bond donors (Lipinski definition) is 1. The number of hydrogen-bond acceptors (Lipinski definition) is 3. The first kappa shape index (κ1) is 18.6. The molecule has 0 aliphatic rings. The number of aromatic nitrogens is 1. The standard InChI is InChI=1S/C23H24N2O2/c1-23(2,20-8-4-3-5-9-20)22(26)25-16-18-10-12-21(13-11-18)27-17-19-7-6-14-24-15-19/h3-15H,16-17H2,1-2H3,(H,25,26). The Morgan fingerprint density at radius 3 is 2.37 bits per heavy atom. The van der Waals surface area contributed by atoms with Gasteiger partial charge in [0.25, 0.3) is 0 Å². The van der Waals surface area contributed by atoms with Crippen molar-refractivity contribution >= 4 is 5.91 Å². The second kappa shape index (κ2) is 8.49. The largest absolute Gasteiger partial charge is 0.489 e. The van der Waals surface area contributed by atoms with Gasteiger partial charge in [-0.1, -0.05) is 48.5 Å². The van der Waals surface area contributed by atoms with Crippen molar-refractivity contribution in [1.82, 2.24) is 10.3 Å². The average molecular weight is 360 g/mol. The van der Waals surface area contributed by atoms with E-state index in [1.807, 2.05) is 80.6 Å². The number of nitrogens with zero attached hydrogens (tertiary/aromatic N) is 1. The van der Waals surface area contributed by atoms with Crippen LogP contribution >= 0.6 is 0 Å².